The van der Waals surface area contributed by atoms with Crippen molar-refractivity contribution in [2.24, 2.45) is 0 Å². The van der Waals surface area contributed by atoms with Crippen LogP contribution >= 0.6 is 0 Å². The van der Waals surface area contributed by atoms with Crippen molar-refractivity contribution in [3.63, 3.8) is 0 Å². The van der Waals surface area contributed by atoms with Crippen LogP contribution in [0.5, 0.6) is 0 Å². The van der Waals surface area contributed by atoms with Gasteiger partial charge in [0.05, 0.1) is 17.8 Å². The van der Waals surface area contributed by atoms with Crippen molar-refractivity contribution in [3.05, 3.63) is 44.8 Å². The molecule has 0 spiro atoms. The summed E-state index contributed by atoms with van der Waals surface area (Å²) < 4.78 is 11.1. The second-order valence-corrected chi connectivity index (χ2v) is 5.50. The quantitative estimate of drug-likeness (QED) is 0.784. The van der Waals surface area contributed by atoms with Gasteiger partial charge in [0.25, 0.3) is 0 Å². The van der Waals surface area contributed by atoms with Crippen LogP contribution in [-0.2, 0) is 4.74 Å². The van der Waals surface area contributed by atoms with Crippen LogP contribution in [0.3, 0.4) is 0 Å². The molecule has 1 heterocycles. The molecule has 3 rings (SSSR count). The number of hydrogen-bond acceptors (Lipinski definition) is 3. The van der Waals surface area contributed by atoms with Crippen molar-refractivity contribution in [2.45, 2.75) is 39.2 Å². The summed E-state index contributed by atoms with van der Waals surface area (Å²) in [6, 6.07) is 1.96. The van der Waals surface area contributed by atoms with Crippen LogP contribution in [0.25, 0.3) is 11.0 Å². The minimum absolute atomic E-state index is 0.0227. The molecule has 1 aliphatic rings. The molecule has 2 aromatic rings. The Morgan fingerprint density at radius 1 is 1.26 bits per heavy atom. The number of furan rings is 1. The van der Waals surface area contributed by atoms with E-state index in [-0.39, 0.29) is 17.5 Å². The summed E-state index contributed by atoms with van der Waals surface area (Å²) in [4.78, 5) is 12.8. The number of aryl methyl sites for hydroxylation is 2. The molecule has 1 aromatic heterocycles. The van der Waals surface area contributed by atoms with Gasteiger partial charge < -0.3 is 9.15 Å². The van der Waals surface area contributed by atoms with Crippen molar-refractivity contribution in [3.8, 4) is 0 Å². The highest BCUT2D eigenvalue weighted by Gasteiger charge is 2.32. The number of rotatable bonds is 1. The van der Waals surface area contributed by atoms with E-state index in [1.807, 2.05) is 19.9 Å². The van der Waals surface area contributed by atoms with E-state index in [2.05, 4.69) is 6.92 Å². The van der Waals surface area contributed by atoms with E-state index in [9.17, 15) is 4.79 Å². The maximum Gasteiger partial charge on any atom is 0.193 e. The summed E-state index contributed by atoms with van der Waals surface area (Å²) in [5.41, 5.74) is 4.74. The Morgan fingerprint density at radius 3 is 2.68 bits per heavy atom. The normalized spacial score (nSPS) is 21.9. The fourth-order valence-corrected chi connectivity index (χ4v) is 3.29. The minimum Gasteiger partial charge on any atom is -0.464 e. The Hall–Kier alpha value is -1.61. The fraction of sp³-hybridized carbons (Fsp3) is 0.438. The summed E-state index contributed by atoms with van der Waals surface area (Å²) in [6.07, 6.45) is 2.56. The van der Waals surface area contributed by atoms with Crippen molar-refractivity contribution in [1.29, 1.82) is 0 Å². The van der Waals surface area contributed by atoms with Gasteiger partial charge >= 0.3 is 0 Å². The molecule has 1 aliphatic carbocycles. The lowest BCUT2D eigenvalue weighted by atomic mass is 10.0. The Bertz CT molecular complexity index is 712. The van der Waals surface area contributed by atoms with Gasteiger partial charge in [0.1, 0.15) is 5.58 Å². The highest BCUT2D eigenvalue weighted by molar-refractivity contribution is 5.82. The molecular weight excluding hydrogens is 240 g/mol. The van der Waals surface area contributed by atoms with E-state index in [0.29, 0.717) is 11.0 Å². The zero-order valence-corrected chi connectivity index (χ0v) is 11.7. The lowest BCUT2D eigenvalue weighted by Crippen LogP contribution is -2.08. The van der Waals surface area contributed by atoms with E-state index >= 15 is 0 Å². The van der Waals surface area contributed by atoms with Crippen LogP contribution in [0.1, 0.15) is 47.6 Å². The molecule has 0 fully saturated rings. The Morgan fingerprint density at radius 2 is 2.00 bits per heavy atom. The molecule has 0 amide bonds. The maximum atomic E-state index is 12.8. The van der Waals surface area contributed by atoms with Crippen LogP contribution in [-0.4, -0.2) is 7.11 Å². The zero-order valence-electron chi connectivity index (χ0n) is 11.7. The molecule has 100 valence electrons. The van der Waals surface area contributed by atoms with Crippen molar-refractivity contribution in [1.82, 2.24) is 0 Å². The van der Waals surface area contributed by atoms with Gasteiger partial charge in [-0.25, -0.2) is 0 Å². The highest BCUT2D eigenvalue weighted by Crippen LogP contribution is 2.42. The van der Waals surface area contributed by atoms with Gasteiger partial charge in [-0.3, -0.25) is 4.79 Å². The maximum absolute atomic E-state index is 12.8. The van der Waals surface area contributed by atoms with E-state index in [4.69, 9.17) is 9.15 Å². The summed E-state index contributed by atoms with van der Waals surface area (Å²) in [5.74, 6) is 0.232. The Kier molecular flexibility index (Phi) is 2.75. The van der Waals surface area contributed by atoms with Crippen LogP contribution in [0.15, 0.2) is 21.5 Å². The summed E-state index contributed by atoms with van der Waals surface area (Å²) in [5, 5.41) is 0.716. The predicted molar refractivity (Wildman–Crippen MR) is 74.7 cm³/mol. The average molecular weight is 258 g/mol. The molecule has 2 atom stereocenters. The number of ether oxygens (including phenoxy) is 1. The lowest BCUT2D eigenvalue weighted by molar-refractivity contribution is 0.101. The molecule has 0 aliphatic heterocycles. The first-order valence-electron chi connectivity index (χ1n) is 6.63. The lowest BCUT2D eigenvalue weighted by Gasteiger charge is -2.09. The fourth-order valence-electron chi connectivity index (χ4n) is 3.29. The minimum atomic E-state index is 0.0227. The number of fused-ring (bicyclic) bond motifs is 2. The second kappa shape index (κ2) is 4.20. The monoisotopic (exact) mass is 258 g/mol. The highest BCUT2D eigenvalue weighted by atomic mass is 16.5. The molecule has 0 bridgehead atoms. The number of hydrogen-bond donors (Lipinski definition) is 0. The van der Waals surface area contributed by atoms with Gasteiger partial charge in [0.15, 0.2) is 5.43 Å². The summed E-state index contributed by atoms with van der Waals surface area (Å²) in [7, 11) is 1.71. The van der Waals surface area contributed by atoms with Gasteiger partial charge in [-0.2, -0.15) is 0 Å². The van der Waals surface area contributed by atoms with Gasteiger partial charge in [-0.1, -0.05) is 6.92 Å². The zero-order chi connectivity index (χ0) is 13.7. The van der Waals surface area contributed by atoms with Gasteiger partial charge in [-0.05, 0) is 48.9 Å². The predicted octanol–water partition coefficient (Wildman–Crippen LogP) is 3.60. The standard InChI is InChI=1S/C16H18O3/c1-8-6-12-14(10(3)7-19-12)16(17)15-9(2)5-11(18-4)13(8)15/h6-7,9,11H,5H2,1-4H3/t9-,11+/m1/s1. The van der Waals surface area contributed by atoms with Crippen molar-refractivity contribution >= 4 is 11.0 Å². The molecule has 19 heavy (non-hydrogen) atoms. The third-order valence-electron chi connectivity index (χ3n) is 4.20. The van der Waals surface area contributed by atoms with Crippen LogP contribution in [0.4, 0.5) is 0 Å². The summed E-state index contributed by atoms with van der Waals surface area (Å²) >= 11 is 0. The molecule has 0 saturated carbocycles. The van der Waals surface area contributed by atoms with Gasteiger partial charge in [0.2, 0.25) is 0 Å². The van der Waals surface area contributed by atoms with Crippen molar-refractivity contribution < 1.29 is 9.15 Å². The molecule has 0 saturated heterocycles. The average Bonchev–Trinajstić information content (AvgIpc) is 2.86. The first-order chi connectivity index (χ1) is 9.04. The van der Waals surface area contributed by atoms with Gasteiger partial charge in [0, 0.05) is 12.7 Å². The van der Waals surface area contributed by atoms with Crippen LogP contribution in [0.2, 0.25) is 0 Å². The number of methoxy groups -OCH3 is 1. The molecule has 0 radical (unpaired) electrons. The van der Waals surface area contributed by atoms with E-state index in [0.717, 1.165) is 28.7 Å². The first-order valence-corrected chi connectivity index (χ1v) is 6.63. The van der Waals surface area contributed by atoms with Gasteiger partial charge in [-0.15, -0.1) is 0 Å². The molecule has 1 aromatic carbocycles. The molecular formula is C16H18O3. The van der Waals surface area contributed by atoms with Crippen LogP contribution < -0.4 is 5.43 Å². The van der Waals surface area contributed by atoms with E-state index in [1.165, 1.54) is 0 Å². The smallest absolute Gasteiger partial charge is 0.193 e. The summed E-state index contributed by atoms with van der Waals surface area (Å²) in [6.45, 7) is 6.04. The molecule has 0 N–H and O–H groups in total. The third kappa shape index (κ3) is 1.65. The molecule has 3 heteroatoms. The largest absolute Gasteiger partial charge is 0.464 e. The second-order valence-electron chi connectivity index (χ2n) is 5.50. The molecule has 3 nitrogen and oxygen atoms in total. The molecule has 0 unspecified atom stereocenters. The topological polar surface area (TPSA) is 39.4 Å². The SMILES string of the molecule is CO[C@H]1C[C@@H](C)c2c1c(C)cc1occ(C)c1c2=O. The van der Waals surface area contributed by atoms with Crippen LogP contribution in [0, 0.1) is 13.8 Å². The first kappa shape index (κ1) is 12.4. The Balaban J connectivity index is 2.51. The third-order valence-corrected chi connectivity index (χ3v) is 4.20. The van der Waals surface area contributed by atoms with E-state index in [1.54, 1.807) is 13.4 Å². The Labute approximate surface area is 112 Å². The van der Waals surface area contributed by atoms with E-state index < -0.39 is 0 Å². The van der Waals surface area contributed by atoms with Crippen molar-refractivity contribution in [2.75, 3.05) is 7.11 Å².